The quantitative estimate of drug-likeness (QED) is 0.748. The van der Waals surface area contributed by atoms with Gasteiger partial charge in [0, 0.05) is 18.2 Å². The number of hydrogen-bond donors (Lipinski definition) is 2. The maximum Gasteiger partial charge on any atom is 0.224 e. The van der Waals surface area contributed by atoms with Crippen LogP contribution in [0.15, 0.2) is 24.3 Å². The molecule has 0 heterocycles. The van der Waals surface area contributed by atoms with Crippen LogP contribution in [0.3, 0.4) is 0 Å². The number of sulfone groups is 1. The molecule has 7 heteroatoms. The monoisotopic (exact) mass is 388 g/mol. The normalized spacial score (nSPS) is 16.7. The molecule has 1 amide bonds. The van der Waals surface area contributed by atoms with Crippen LogP contribution in [-0.4, -0.2) is 25.6 Å². The molecule has 1 aromatic carbocycles. The standard InChI is InChI=1S/C18H28N2O3S.ClH/c1-14(19)10-11-18(21)20-16-7-5-6-15(12-16)13-24(22,23)17-8-3-2-4-9-17;/h5-7,12,14,17H,2-4,8-11,13,19H2,1H3,(H,20,21);1H. The van der Waals surface area contributed by atoms with E-state index in [1.807, 2.05) is 6.92 Å². The highest BCUT2D eigenvalue weighted by atomic mass is 35.5. The molecule has 1 aliphatic carbocycles. The van der Waals surface area contributed by atoms with Crippen molar-refractivity contribution in [2.24, 2.45) is 5.73 Å². The summed E-state index contributed by atoms with van der Waals surface area (Å²) in [5, 5.41) is 2.60. The Balaban J connectivity index is 0.00000312. The van der Waals surface area contributed by atoms with Crippen molar-refractivity contribution >= 4 is 33.8 Å². The van der Waals surface area contributed by atoms with Crippen LogP contribution in [0.5, 0.6) is 0 Å². The number of carbonyl (C=O) groups is 1. The van der Waals surface area contributed by atoms with E-state index in [9.17, 15) is 13.2 Å². The number of rotatable bonds is 7. The molecule has 25 heavy (non-hydrogen) atoms. The van der Waals surface area contributed by atoms with E-state index < -0.39 is 9.84 Å². The third kappa shape index (κ3) is 7.34. The van der Waals surface area contributed by atoms with Crippen LogP contribution >= 0.6 is 12.4 Å². The highest BCUT2D eigenvalue weighted by Crippen LogP contribution is 2.26. The van der Waals surface area contributed by atoms with E-state index in [1.54, 1.807) is 24.3 Å². The summed E-state index contributed by atoms with van der Waals surface area (Å²) in [6, 6.07) is 7.11. The maximum absolute atomic E-state index is 12.6. The van der Waals surface area contributed by atoms with E-state index in [-0.39, 0.29) is 35.4 Å². The van der Waals surface area contributed by atoms with Crippen molar-refractivity contribution in [3.8, 4) is 0 Å². The number of nitrogens with two attached hydrogens (primary N) is 1. The fraction of sp³-hybridized carbons (Fsp3) is 0.611. The Morgan fingerprint density at radius 1 is 1.28 bits per heavy atom. The minimum absolute atomic E-state index is 0. The first kappa shape index (κ1) is 21.9. The van der Waals surface area contributed by atoms with Gasteiger partial charge in [0.05, 0.1) is 11.0 Å². The molecule has 0 aliphatic heterocycles. The molecule has 1 atom stereocenters. The van der Waals surface area contributed by atoms with E-state index >= 15 is 0 Å². The molecular formula is C18H29ClN2O3S. The lowest BCUT2D eigenvalue weighted by Gasteiger charge is -2.21. The first-order valence-electron chi connectivity index (χ1n) is 8.73. The van der Waals surface area contributed by atoms with Crippen LogP contribution < -0.4 is 11.1 Å². The van der Waals surface area contributed by atoms with Gasteiger partial charge in [-0.2, -0.15) is 0 Å². The van der Waals surface area contributed by atoms with Crippen molar-refractivity contribution in [2.75, 3.05) is 5.32 Å². The number of carbonyl (C=O) groups excluding carboxylic acids is 1. The number of halogens is 1. The second-order valence-corrected chi connectivity index (χ2v) is 9.11. The summed E-state index contributed by atoms with van der Waals surface area (Å²) in [5.41, 5.74) is 7.02. The maximum atomic E-state index is 12.6. The van der Waals surface area contributed by atoms with E-state index in [0.717, 1.165) is 37.7 Å². The Hall–Kier alpha value is -1.11. The van der Waals surface area contributed by atoms with Crippen LogP contribution in [0.1, 0.15) is 57.4 Å². The third-order valence-corrected chi connectivity index (χ3v) is 6.69. The van der Waals surface area contributed by atoms with E-state index in [2.05, 4.69) is 5.32 Å². The fourth-order valence-corrected chi connectivity index (χ4v) is 5.03. The van der Waals surface area contributed by atoms with Crippen LogP contribution in [0.2, 0.25) is 0 Å². The number of nitrogens with one attached hydrogen (secondary N) is 1. The first-order valence-corrected chi connectivity index (χ1v) is 10.4. The van der Waals surface area contributed by atoms with Crippen molar-refractivity contribution in [1.29, 1.82) is 0 Å². The summed E-state index contributed by atoms with van der Waals surface area (Å²) >= 11 is 0. The van der Waals surface area contributed by atoms with Gasteiger partial charge in [-0.25, -0.2) is 8.42 Å². The largest absolute Gasteiger partial charge is 0.328 e. The fourth-order valence-electron chi connectivity index (χ4n) is 3.10. The second kappa shape index (κ2) is 10.1. The number of anilines is 1. The van der Waals surface area contributed by atoms with Gasteiger partial charge in [-0.15, -0.1) is 12.4 Å². The molecule has 1 saturated carbocycles. The minimum atomic E-state index is -3.13. The van der Waals surface area contributed by atoms with Crippen molar-refractivity contribution in [3.63, 3.8) is 0 Å². The minimum Gasteiger partial charge on any atom is -0.328 e. The van der Waals surface area contributed by atoms with Gasteiger partial charge >= 0.3 is 0 Å². The Morgan fingerprint density at radius 2 is 1.96 bits per heavy atom. The average Bonchev–Trinajstić information content (AvgIpc) is 2.54. The Kier molecular flexibility index (Phi) is 8.89. The smallest absolute Gasteiger partial charge is 0.224 e. The van der Waals surface area contributed by atoms with E-state index in [1.165, 1.54) is 0 Å². The molecule has 0 aromatic heterocycles. The Bertz CT molecular complexity index is 656. The zero-order valence-electron chi connectivity index (χ0n) is 14.7. The molecular weight excluding hydrogens is 360 g/mol. The van der Waals surface area contributed by atoms with Gasteiger partial charge in [-0.05, 0) is 43.9 Å². The molecule has 5 nitrogen and oxygen atoms in total. The second-order valence-electron chi connectivity index (χ2n) is 6.83. The molecule has 1 aliphatic rings. The van der Waals surface area contributed by atoms with Crippen molar-refractivity contribution in [1.82, 2.24) is 0 Å². The van der Waals surface area contributed by atoms with Gasteiger partial charge in [0.25, 0.3) is 0 Å². The topological polar surface area (TPSA) is 89.3 Å². The van der Waals surface area contributed by atoms with Crippen LogP contribution in [-0.2, 0) is 20.4 Å². The molecule has 1 fully saturated rings. The Labute approximate surface area is 157 Å². The van der Waals surface area contributed by atoms with E-state index in [4.69, 9.17) is 5.73 Å². The van der Waals surface area contributed by atoms with Crippen LogP contribution in [0.25, 0.3) is 0 Å². The van der Waals surface area contributed by atoms with Crippen molar-refractivity contribution in [3.05, 3.63) is 29.8 Å². The highest BCUT2D eigenvalue weighted by Gasteiger charge is 2.27. The summed E-state index contributed by atoms with van der Waals surface area (Å²) in [5.74, 6) is -0.0547. The lowest BCUT2D eigenvalue weighted by atomic mass is 10.0. The van der Waals surface area contributed by atoms with E-state index in [0.29, 0.717) is 18.5 Å². The third-order valence-electron chi connectivity index (χ3n) is 4.47. The van der Waals surface area contributed by atoms with Gasteiger partial charge in [-0.3, -0.25) is 4.79 Å². The zero-order valence-corrected chi connectivity index (χ0v) is 16.4. The lowest BCUT2D eigenvalue weighted by Crippen LogP contribution is -2.25. The molecule has 1 aromatic rings. The predicted molar refractivity (Wildman–Crippen MR) is 105 cm³/mol. The molecule has 0 spiro atoms. The molecule has 142 valence electrons. The summed E-state index contributed by atoms with van der Waals surface area (Å²) in [4.78, 5) is 11.9. The molecule has 1 unspecified atom stereocenters. The number of benzene rings is 1. The molecule has 0 bridgehead atoms. The molecule has 3 N–H and O–H groups in total. The van der Waals surface area contributed by atoms with Gasteiger partial charge in [-0.1, -0.05) is 31.4 Å². The summed E-state index contributed by atoms with van der Waals surface area (Å²) in [7, 11) is -3.13. The Morgan fingerprint density at radius 3 is 2.60 bits per heavy atom. The number of hydrogen-bond acceptors (Lipinski definition) is 4. The van der Waals surface area contributed by atoms with Gasteiger partial charge in [0.1, 0.15) is 0 Å². The summed E-state index contributed by atoms with van der Waals surface area (Å²) in [6.07, 6.45) is 5.67. The highest BCUT2D eigenvalue weighted by molar-refractivity contribution is 7.91. The van der Waals surface area contributed by atoms with Crippen LogP contribution in [0.4, 0.5) is 5.69 Å². The molecule has 2 rings (SSSR count). The van der Waals surface area contributed by atoms with Crippen LogP contribution in [0, 0.1) is 0 Å². The SMILES string of the molecule is CC(N)CCC(=O)Nc1cccc(CS(=O)(=O)C2CCCCC2)c1.Cl. The lowest BCUT2D eigenvalue weighted by molar-refractivity contribution is -0.116. The van der Waals surface area contributed by atoms with Gasteiger partial charge < -0.3 is 11.1 Å². The first-order chi connectivity index (χ1) is 11.4. The zero-order chi connectivity index (χ0) is 17.6. The predicted octanol–water partition coefficient (Wildman–Crippen LogP) is 3.42. The van der Waals surface area contributed by atoms with Gasteiger partial charge in [0.15, 0.2) is 9.84 Å². The average molecular weight is 389 g/mol. The number of amides is 1. The van der Waals surface area contributed by atoms with Crippen molar-refractivity contribution < 1.29 is 13.2 Å². The molecule has 0 radical (unpaired) electrons. The summed E-state index contributed by atoms with van der Waals surface area (Å²) in [6.45, 7) is 1.87. The molecule has 0 saturated heterocycles. The van der Waals surface area contributed by atoms with Gasteiger partial charge in [0.2, 0.25) is 5.91 Å². The summed E-state index contributed by atoms with van der Waals surface area (Å²) < 4.78 is 25.1. The van der Waals surface area contributed by atoms with Crippen molar-refractivity contribution in [2.45, 2.75) is 68.9 Å².